The van der Waals surface area contributed by atoms with Crippen LogP contribution in [0, 0.1) is 17.9 Å². The molecule has 0 saturated carbocycles. The van der Waals surface area contributed by atoms with Gasteiger partial charge in [0.15, 0.2) is 5.69 Å². The molecule has 10 aromatic rings. The smallest absolute Gasteiger partial charge is 0.187 e. The molecule has 10 rings (SSSR count). The summed E-state index contributed by atoms with van der Waals surface area (Å²) in [6, 6.07) is 57.8. The van der Waals surface area contributed by atoms with Crippen molar-refractivity contribution in [2.24, 2.45) is 0 Å². The zero-order chi connectivity index (χ0) is 35.5. The minimum Gasteiger partial charge on any atom is -0.309 e. The summed E-state index contributed by atoms with van der Waals surface area (Å²) in [7, 11) is 0. The molecular weight excluding hydrogens is 651 g/mol. The van der Waals surface area contributed by atoms with Gasteiger partial charge in [-0.2, -0.15) is 5.26 Å². The van der Waals surface area contributed by atoms with Gasteiger partial charge in [0.05, 0.1) is 46.0 Å². The number of rotatable bonds is 5. The number of fused-ring (bicyclic) bond motifs is 6. The standard InChI is InChI=1S/C46H27N7/c1-48-32-24-26-33(27-25-32)53-46(31-22-20-30(29-47)21-23-31)45(49-50-53)39-15-9-19-43-44(39)38-14-4-7-18-42(38)52(43)35-11-8-10-34(28-35)51-40-16-5-2-12-36(40)37-13-3-6-17-41(37)51/h2-28H. The van der Waals surface area contributed by atoms with Crippen molar-refractivity contribution in [1.29, 1.82) is 5.26 Å². The lowest BCUT2D eigenvalue weighted by atomic mass is 9.99. The minimum absolute atomic E-state index is 0.550. The van der Waals surface area contributed by atoms with Crippen LogP contribution in [0.4, 0.5) is 5.69 Å². The van der Waals surface area contributed by atoms with Gasteiger partial charge in [-0.25, -0.2) is 9.53 Å². The normalized spacial score (nSPS) is 11.4. The van der Waals surface area contributed by atoms with E-state index < -0.39 is 0 Å². The van der Waals surface area contributed by atoms with Crippen molar-refractivity contribution < 1.29 is 0 Å². The van der Waals surface area contributed by atoms with Crippen LogP contribution in [0.3, 0.4) is 0 Å². The lowest BCUT2D eigenvalue weighted by Gasteiger charge is -2.13. The van der Waals surface area contributed by atoms with Gasteiger partial charge >= 0.3 is 0 Å². The van der Waals surface area contributed by atoms with Crippen molar-refractivity contribution in [2.75, 3.05) is 0 Å². The molecule has 246 valence electrons. The van der Waals surface area contributed by atoms with Gasteiger partial charge in [-0.3, -0.25) is 0 Å². The number of nitrogens with zero attached hydrogens (tertiary/aromatic N) is 7. The third-order valence-corrected chi connectivity index (χ3v) is 10.1. The SMILES string of the molecule is [C-]#[N+]c1ccc(-n2nnc(-c3cccc4c3c3ccccc3n4-c3cccc(-n4c5ccccc5c5ccccc54)c3)c2-c2ccc(C#N)cc2)cc1. The predicted molar refractivity (Wildman–Crippen MR) is 212 cm³/mol. The molecule has 0 N–H and O–H groups in total. The Morgan fingerprint density at radius 1 is 0.547 bits per heavy atom. The molecular formula is C46H27N7. The van der Waals surface area contributed by atoms with Crippen LogP contribution in [0.25, 0.3) is 88.0 Å². The Hall–Kier alpha value is -7.74. The summed E-state index contributed by atoms with van der Waals surface area (Å²) in [6.07, 6.45) is 0. The monoisotopic (exact) mass is 677 g/mol. The highest BCUT2D eigenvalue weighted by atomic mass is 15.4. The fourth-order valence-electron chi connectivity index (χ4n) is 7.74. The number of aromatic nitrogens is 5. The van der Waals surface area contributed by atoms with Crippen LogP contribution in [-0.4, -0.2) is 24.1 Å². The first-order chi connectivity index (χ1) is 26.2. The number of hydrogen-bond acceptors (Lipinski definition) is 3. The molecule has 7 aromatic carbocycles. The van der Waals surface area contributed by atoms with Crippen LogP contribution in [-0.2, 0) is 0 Å². The second-order valence-electron chi connectivity index (χ2n) is 13.0. The van der Waals surface area contributed by atoms with Crippen molar-refractivity contribution in [3.05, 3.63) is 181 Å². The van der Waals surface area contributed by atoms with E-state index in [0.29, 0.717) is 11.3 Å². The third kappa shape index (κ3) is 4.66. The van der Waals surface area contributed by atoms with E-state index in [1.54, 1.807) is 12.1 Å². The molecule has 3 aromatic heterocycles. The Kier molecular flexibility index (Phi) is 6.79. The van der Waals surface area contributed by atoms with Crippen molar-refractivity contribution in [2.45, 2.75) is 0 Å². The Morgan fingerprint density at radius 3 is 1.75 bits per heavy atom. The molecule has 0 aliphatic rings. The van der Waals surface area contributed by atoms with Gasteiger partial charge in [-0.15, -0.1) is 5.10 Å². The molecule has 0 amide bonds. The fraction of sp³-hybridized carbons (Fsp3) is 0. The van der Waals surface area contributed by atoms with E-state index in [4.69, 9.17) is 16.9 Å². The maximum atomic E-state index is 9.55. The Morgan fingerprint density at radius 2 is 1.11 bits per heavy atom. The lowest BCUT2D eigenvalue weighted by molar-refractivity contribution is 0.809. The van der Waals surface area contributed by atoms with Gasteiger partial charge in [0.25, 0.3) is 0 Å². The summed E-state index contributed by atoms with van der Waals surface area (Å²) in [5.41, 5.74) is 11.8. The highest BCUT2D eigenvalue weighted by molar-refractivity contribution is 6.16. The molecule has 7 nitrogen and oxygen atoms in total. The van der Waals surface area contributed by atoms with E-state index in [-0.39, 0.29) is 0 Å². The predicted octanol–water partition coefficient (Wildman–Crippen LogP) is 11.2. The molecule has 0 aliphatic heterocycles. The highest BCUT2D eigenvalue weighted by Gasteiger charge is 2.23. The molecule has 0 saturated heterocycles. The zero-order valence-corrected chi connectivity index (χ0v) is 28.2. The molecule has 0 unspecified atom stereocenters. The summed E-state index contributed by atoms with van der Waals surface area (Å²) < 4.78 is 6.50. The quantitative estimate of drug-likeness (QED) is 0.170. The van der Waals surface area contributed by atoms with Crippen molar-refractivity contribution in [1.82, 2.24) is 24.1 Å². The molecule has 0 atom stereocenters. The first-order valence-electron chi connectivity index (χ1n) is 17.3. The Labute approximate surface area is 304 Å². The largest absolute Gasteiger partial charge is 0.309 e. The van der Waals surface area contributed by atoms with Crippen molar-refractivity contribution in [3.63, 3.8) is 0 Å². The van der Waals surface area contributed by atoms with E-state index in [0.717, 1.165) is 72.4 Å². The zero-order valence-electron chi connectivity index (χ0n) is 28.2. The second kappa shape index (κ2) is 11.9. The van der Waals surface area contributed by atoms with Crippen LogP contribution in [0.5, 0.6) is 0 Å². The maximum absolute atomic E-state index is 9.55. The summed E-state index contributed by atoms with van der Waals surface area (Å²) in [6.45, 7) is 7.43. The van der Waals surface area contributed by atoms with Gasteiger partial charge in [-0.05, 0) is 66.7 Å². The fourth-order valence-corrected chi connectivity index (χ4v) is 7.74. The average Bonchev–Trinajstić information content (AvgIpc) is 3.92. The molecule has 3 heterocycles. The van der Waals surface area contributed by atoms with Gasteiger partial charge in [0.1, 0.15) is 11.4 Å². The van der Waals surface area contributed by atoms with Gasteiger partial charge < -0.3 is 9.13 Å². The van der Waals surface area contributed by atoms with Gasteiger partial charge in [-0.1, -0.05) is 102 Å². The summed E-state index contributed by atoms with van der Waals surface area (Å²) in [4.78, 5) is 3.57. The summed E-state index contributed by atoms with van der Waals surface area (Å²) >= 11 is 0. The molecule has 0 fully saturated rings. The molecule has 53 heavy (non-hydrogen) atoms. The maximum Gasteiger partial charge on any atom is 0.187 e. The van der Waals surface area contributed by atoms with E-state index in [2.05, 4.69) is 135 Å². The molecule has 0 spiro atoms. The van der Waals surface area contributed by atoms with E-state index >= 15 is 0 Å². The molecule has 0 aliphatic carbocycles. The van der Waals surface area contributed by atoms with Crippen LogP contribution in [0.1, 0.15) is 5.56 Å². The first kappa shape index (κ1) is 30.1. The number of para-hydroxylation sites is 3. The van der Waals surface area contributed by atoms with Crippen LogP contribution in [0.15, 0.2) is 164 Å². The first-order valence-corrected chi connectivity index (χ1v) is 17.3. The Bertz CT molecular complexity index is 3070. The number of nitriles is 1. The van der Waals surface area contributed by atoms with Gasteiger partial charge in [0.2, 0.25) is 0 Å². The van der Waals surface area contributed by atoms with Crippen LogP contribution < -0.4 is 0 Å². The number of hydrogen-bond donors (Lipinski definition) is 0. The van der Waals surface area contributed by atoms with E-state index in [9.17, 15) is 5.26 Å². The van der Waals surface area contributed by atoms with Gasteiger partial charge in [0, 0.05) is 44.0 Å². The van der Waals surface area contributed by atoms with Crippen LogP contribution >= 0.6 is 0 Å². The Balaban J connectivity index is 1.21. The lowest BCUT2D eigenvalue weighted by Crippen LogP contribution is -1.99. The van der Waals surface area contributed by atoms with E-state index in [1.165, 1.54) is 10.8 Å². The summed E-state index contributed by atoms with van der Waals surface area (Å²) in [5, 5.41) is 23.7. The minimum atomic E-state index is 0.550. The topological polar surface area (TPSA) is 68.7 Å². The molecule has 0 bridgehead atoms. The third-order valence-electron chi connectivity index (χ3n) is 10.1. The second-order valence-corrected chi connectivity index (χ2v) is 13.0. The number of benzene rings is 7. The van der Waals surface area contributed by atoms with Crippen molar-refractivity contribution >= 4 is 49.3 Å². The molecule has 0 radical (unpaired) electrons. The van der Waals surface area contributed by atoms with Crippen molar-refractivity contribution in [3.8, 4) is 45.6 Å². The van der Waals surface area contributed by atoms with E-state index in [1.807, 2.05) is 41.1 Å². The average molecular weight is 678 g/mol. The summed E-state index contributed by atoms with van der Waals surface area (Å²) in [5.74, 6) is 0. The molecule has 7 heteroatoms. The highest BCUT2D eigenvalue weighted by Crippen LogP contribution is 2.42. The van der Waals surface area contributed by atoms with Crippen LogP contribution in [0.2, 0.25) is 0 Å².